The third kappa shape index (κ3) is 3.54. The van der Waals surface area contributed by atoms with E-state index in [2.05, 4.69) is 34.6 Å². The highest BCUT2D eigenvalue weighted by atomic mass is 32.1. The number of benzene rings is 2. The van der Waals surface area contributed by atoms with E-state index in [4.69, 9.17) is 0 Å². The summed E-state index contributed by atoms with van der Waals surface area (Å²) in [5.41, 5.74) is 6.18. The highest BCUT2D eigenvalue weighted by Crippen LogP contribution is 2.27. The summed E-state index contributed by atoms with van der Waals surface area (Å²) in [6.45, 7) is 2.68. The molecule has 116 valence electrons. The van der Waals surface area contributed by atoms with Crippen LogP contribution in [0.25, 0.3) is 10.4 Å². The highest BCUT2D eigenvalue weighted by molar-refractivity contribution is 7.13. The average Bonchev–Trinajstić information content (AvgIpc) is 3.00. The number of aryl methyl sites for hydroxylation is 1. The van der Waals surface area contributed by atoms with Crippen molar-refractivity contribution in [1.82, 2.24) is 4.98 Å². The molecule has 0 atom stereocenters. The van der Waals surface area contributed by atoms with Crippen LogP contribution in [0, 0.1) is 17.0 Å². The molecule has 5 nitrogen and oxygen atoms in total. The van der Waals surface area contributed by atoms with Gasteiger partial charge in [-0.05, 0) is 30.2 Å². The standard InChI is InChI=1S/C17H15N3O2S/c1-12-17(23-11-19-12)14-4-2-13(3-5-14)10-18-15-6-8-16(9-7-15)20(21)22/h2-9,11,18H,10H2,1H3. The maximum absolute atomic E-state index is 10.6. The molecule has 23 heavy (non-hydrogen) atoms. The summed E-state index contributed by atoms with van der Waals surface area (Å²) in [4.78, 5) is 15.7. The Morgan fingerprint density at radius 3 is 2.39 bits per heavy atom. The summed E-state index contributed by atoms with van der Waals surface area (Å²) in [6, 6.07) is 14.8. The van der Waals surface area contributed by atoms with Crippen molar-refractivity contribution in [3.8, 4) is 10.4 Å². The molecule has 0 amide bonds. The van der Waals surface area contributed by atoms with Crippen LogP contribution in [-0.4, -0.2) is 9.91 Å². The second-order valence-corrected chi connectivity index (χ2v) is 5.98. The van der Waals surface area contributed by atoms with Crippen molar-refractivity contribution in [3.63, 3.8) is 0 Å². The molecule has 0 aliphatic carbocycles. The van der Waals surface area contributed by atoms with Gasteiger partial charge in [-0.3, -0.25) is 10.1 Å². The summed E-state index contributed by atoms with van der Waals surface area (Å²) in [5.74, 6) is 0. The Kier molecular flexibility index (Phi) is 4.34. The Bertz CT molecular complexity index is 811. The van der Waals surface area contributed by atoms with Gasteiger partial charge in [0, 0.05) is 24.4 Å². The van der Waals surface area contributed by atoms with Crippen molar-refractivity contribution in [2.24, 2.45) is 0 Å². The number of rotatable bonds is 5. The first-order chi connectivity index (χ1) is 11.1. The molecule has 0 saturated carbocycles. The fraction of sp³-hybridized carbons (Fsp3) is 0.118. The Labute approximate surface area is 137 Å². The SMILES string of the molecule is Cc1ncsc1-c1ccc(CNc2ccc([N+](=O)[O-])cc2)cc1. The van der Waals surface area contributed by atoms with Gasteiger partial charge in [-0.1, -0.05) is 24.3 Å². The molecule has 0 unspecified atom stereocenters. The normalized spacial score (nSPS) is 10.5. The van der Waals surface area contributed by atoms with Crippen LogP contribution >= 0.6 is 11.3 Å². The van der Waals surface area contributed by atoms with Gasteiger partial charge < -0.3 is 5.32 Å². The molecule has 1 aromatic heterocycles. The molecule has 3 rings (SSSR count). The molecule has 0 spiro atoms. The lowest BCUT2D eigenvalue weighted by molar-refractivity contribution is -0.384. The van der Waals surface area contributed by atoms with Gasteiger partial charge in [-0.15, -0.1) is 11.3 Å². The Morgan fingerprint density at radius 2 is 1.83 bits per heavy atom. The Morgan fingerprint density at radius 1 is 1.13 bits per heavy atom. The maximum Gasteiger partial charge on any atom is 0.269 e. The number of nitrogens with zero attached hydrogens (tertiary/aromatic N) is 2. The number of aromatic nitrogens is 1. The zero-order valence-corrected chi connectivity index (χ0v) is 13.3. The van der Waals surface area contributed by atoms with Gasteiger partial charge in [-0.2, -0.15) is 0 Å². The summed E-state index contributed by atoms with van der Waals surface area (Å²) < 4.78 is 0. The van der Waals surface area contributed by atoms with Crippen molar-refractivity contribution in [2.75, 3.05) is 5.32 Å². The van der Waals surface area contributed by atoms with Crippen LogP contribution in [-0.2, 0) is 6.54 Å². The summed E-state index contributed by atoms with van der Waals surface area (Å²) in [5, 5.41) is 13.9. The minimum atomic E-state index is -0.399. The van der Waals surface area contributed by atoms with E-state index >= 15 is 0 Å². The average molecular weight is 325 g/mol. The first-order valence-corrected chi connectivity index (χ1v) is 7.99. The van der Waals surface area contributed by atoms with Crippen LogP contribution in [0.5, 0.6) is 0 Å². The topological polar surface area (TPSA) is 68.1 Å². The van der Waals surface area contributed by atoms with Crippen LogP contribution in [0.2, 0.25) is 0 Å². The Balaban J connectivity index is 1.64. The van der Waals surface area contributed by atoms with Crippen LogP contribution in [0.15, 0.2) is 54.0 Å². The molecule has 1 heterocycles. The minimum Gasteiger partial charge on any atom is -0.381 e. The van der Waals surface area contributed by atoms with E-state index in [0.717, 1.165) is 16.9 Å². The number of hydrogen-bond acceptors (Lipinski definition) is 5. The van der Waals surface area contributed by atoms with Crippen molar-refractivity contribution in [3.05, 3.63) is 75.4 Å². The number of hydrogen-bond donors (Lipinski definition) is 1. The first-order valence-electron chi connectivity index (χ1n) is 7.11. The van der Waals surface area contributed by atoms with Crippen LogP contribution in [0.1, 0.15) is 11.3 Å². The van der Waals surface area contributed by atoms with Crippen molar-refractivity contribution < 1.29 is 4.92 Å². The Hall–Kier alpha value is -2.73. The lowest BCUT2D eigenvalue weighted by Crippen LogP contribution is -1.99. The molecule has 0 radical (unpaired) electrons. The van der Waals surface area contributed by atoms with E-state index in [1.165, 1.54) is 22.6 Å². The van der Waals surface area contributed by atoms with Crippen molar-refractivity contribution in [1.29, 1.82) is 0 Å². The molecule has 0 fully saturated rings. The predicted molar refractivity (Wildman–Crippen MR) is 92.7 cm³/mol. The second kappa shape index (κ2) is 6.58. The molecule has 1 N–H and O–H groups in total. The molecule has 0 saturated heterocycles. The summed E-state index contributed by atoms with van der Waals surface area (Å²) >= 11 is 1.64. The van der Waals surface area contributed by atoms with E-state index in [9.17, 15) is 10.1 Å². The molecule has 0 aliphatic heterocycles. The molecule has 2 aromatic carbocycles. The summed E-state index contributed by atoms with van der Waals surface area (Å²) in [6.07, 6.45) is 0. The second-order valence-electron chi connectivity index (χ2n) is 5.12. The number of nitro benzene ring substituents is 1. The fourth-order valence-corrected chi connectivity index (χ4v) is 3.07. The first kappa shape index (κ1) is 15.2. The predicted octanol–water partition coefficient (Wildman–Crippen LogP) is 4.64. The van der Waals surface area contributed by atoms with Gasteiger partial charge in [0.1, 0.15) is 0 Å². The number of anilines is 1. The van der Waals surface area contributed by atoms with Gasteiger partial charge >= 0.3 is 0 Å². The highest BCUT2D eigenvalue weighted by Gasteiger charge is 2.05. The van der Waals surface area contributed by atoms with Gasteiger partial charge in [0.25, 0.3) is 5.69 Å². The number of nitro groups is 1. The molecular weight excluding hydrogens is 310 g/mol. The molecule has 3 aromatic rings. The van der Waals surface area contributed by atoms with Gasteiger partial charge in [0.15, 0.2) is 0 Å². The monoisotopic (exact) mass is 325 g/mol. The quantitative estimate of drug-likeness (QED) is 0.548. The van der Waals surface area contributed by atoms with Crippen LogP contribution in [0.3, 0.4) is 0 Å². The summed E-state index contributed by atoms with van der Waals surface area (Å²) in [7, 11) is 0. The van der Waals surface area contributed by atoms with Gasteiger partial charge in [0.05, 0.1) is 21.0 Å². The van der Waals surface area contributed by atoms with Crippen LogP contribution in [0.4, 0.5) is 11.4 Å². The van der Waals surface area contributed by atoms with Crippen molar-refractivity contribution >= 4 is 22.7 Å². The maximum atomic E-state index is 10.6. The molecule has 6 heteroatoms. The molecular formula is C17H15N3O2S. The lowest BCUT2D eigenvalue weighted by atomic mass is 10.1. The van der Waals surface area contributed by atoms with Gasteiger partial charge in [0.2, 0.25) is 0 Å². The number of non-ortho nitro benzene ring substituents is 1. The molecule has 0 bridgehead atoms. The molecule has 0 aliphatic rings. The minimum absolute atomic E-state index is 0.0971. The third-order valence-electron chi connectivity index (χ3n) is 3.54. The number of nitrogens with one attached hydrogen (secondary N) is 1. The smallest absolute Gasteiger partial charge is 0.269 e. The van der Waals surface area contributed by atoms with E-state index in [-0.39, 0.29) is 5.69 Å². The van der Waals surface area contributed by atoms with E-state index in [1.807, 2.05) is 12.4 Å². The number of thiazole rings is 1. The van der Waals surface area contributed by atoms with E-state index in [0.29, 0.717) is 6.54 Å². The zero-order chi connectivity index (χ0) is 16.2. The lowest BCUT2D eigenvalue weighted by Gasteiger charge is -2.07. The fourth-order valence-electron chi connectivity index (χ4n) is 2.26. The zero-order valence-electron chi connectivity index (χ0n) is 12.5. The largest absolute Gasteiger partial charge is 0.381 e. The third-order valence-corrected chi connectivity index (χ3v) is 4.51. The van der Waals surface area contributed by atoms with Crippen molar-refractivity contribution in [2.45, 2.75) is 13.5 Å². The van der Waals surface area contributed by atoms with Gasteiger partial charge in [-0.25, -0.2) is 4.98 Å². The van der Waals surface area contributed by atoms with E-state index in [1.54, 1.807) is 23.5 Å². The van der Waals surface area contributed by atoms with Crippen LogP contribution < -0.4 is 5.32 Å². The van der Waals surface area contributed by atoms with E-state index < -0.39 is 4.92 Å².